The number of hydrogen-bond donors (Lipinski definition) is 1. The third-order valence-electron chi connectivity index (χ3n) is 4.02. The molecular weight excluding hydrogens is 354 g/mol. The fourth-order valence-corrected chi connectivity index (χ4v) is 2.82. The van der Waals surface area contributed by atoms with Crippen molar-refractivity contribution in [2.75, 3.05) is 6.61 Å². The average molecular weight is 368 g/mol. The van der Waals surface area contributed by atoms with Gasteiger partial charge in [-0.25, -0.2) is 8.78 Å². The summed E-state index contributed by atoms with van der Waals surface area (Å²) in [5.41, 5.74) is 1.97. The highest BCUT2D eigenvalue weighted by atomic mass is 19.1. The van der Waals surface area contributed by atoms with E-state index in [1.165, 1.54) is 6.20 Å². The molecule has 0 atom stereocenters. The first-order chi connectivity index (χ1) is 13.2. The Labute approximate surface area is 152 Å². The second-order valence-electron chi connectivity index (χ2n) is 5.77. The third-order valence-corrected chi connectivity index (χ3v) is 4.02. The number of hydrogen-bond acceptors (Lipinski definition) is 5. The van der Waals surface area contributed by atoms with Crippen LogP contribution in [0.25, 0.3) is 34.1 Å². The molecule has 0 aliphatic heterocycles. The van der Waals surface area contributed by atoms with Crippen LogP contribution in [0.4, 0.5) is 8.78 Å². The summed E-state index contributed by atoms with van der Waals surface area (Å²) in [5.74, 6) is -1.19. The Morgan fingerprint density at radius 2 is 1.85 bits per heavy atom. The normalized spacial score (nSPS) is 11.1. The van der Waals surface area contributed by atoms with E-state index in [-0.39, 0.29) is 30.4 Å². The molecule has 2 aromatic heterocycles. The molecule has 27 heavy (non-hydrogen) atoms. The molecule has 0 saturated heterocycles. The number of halogens is 2. The van der Waals surface area contributed by atoms with Gasteiger partial charge in [0.15, 0.2) is 0 Å². The van der Waals surface area contributed by atoms with Crippen LogP contribution in [-0.4, -0.2) is 31.6 Å². The molecule has 4 aromatic rings. The summed E-state index contributed by atoms with van der Waals surface area (Å²) >= 11 is 0. The summed E-state index contributed by atoms with van der Waals surface area (Å²) in [6.07, 6.45) is 1.54. The van der Waals surface area contributed by atoms with Crippen LogP contribution in [0.5, 0.6) is 0 Å². The van der Waals surface area contributed by atoms with Crippen LogP contribution in [0, 0.1) is 11.6 Å². The van der Waals surface area contributed by atoms with E-state index >= 15 is 0 Å². The van der Waals surface area contributed by atoms with Gasteiger partial charge in [-0.2, -0.15) is 10.1 Å². The molecule has 0 aliphatic carbocycles. The zero-order valence-electron chi connectivity index (χ0n) is 14.0. The van der Waals surface area contributed by atoms with Gasteiger partial charge in [0.05, 0.1) is 36.2 Å². The summed E-state index contributed by atoms with van der Waals surface area (Å²) in [6.45, 7) is 0.189. The Balaban J connectivity index is 1.81. The monoisotopic (exact) mass is 368 g/mol. The summed E-state index contributed by atoms with van der Waals surface area (Å²) in [6, 6.07) is 12.4. The predicted octanol–water partition coefficient (Wildman–Crippen LogP) is 3.54. The number of aliphatic hydroxyl groups is 1. The Morgan fingerprint density at radius 3 is 2.63 bits per heavy atom. The molecule has 0 amide bonds. The average Bonchev–Trinajstić information content (AvgIpc) is 3.32. The molecule has 136 valence electrons. The lowest BCUT2D eigenvalue weighted by Gasteiger charge is -2.07. The third kappa shape index (κ3) is 3.22. The van der Waals surface area contributed by atoms with Crippen LogP contribution >= 0.6 is 0 Å². The fourth-order valence-electron chi connectivity index (χ4n) is 2.82. The van der Waals surface area contributed by atoms with Crippen LogP contribution in [0.15, 0.2) is 59.3 Å². The van der Waals surface area contributed by atoms with Gasteiger partial charge in [0.25, 0.3) is 5.89 Å². The van der Waals surface area contributed by atoms with Gasteiger partial charge in [-0.1, -0.05) is 35.5 Å². The van der Waals surface area contributed by atoms with Crippen molar-refractivity contribution in [3.63, 3.8) is 0 Å². The van der Waals surface area contributed by atoms with Gasteiger partial charge in [-0.3, -0.25) is 4.68 Å². The summed E-state index contributed by atoms with van der Waals surface area (Å²) < 4.78 is 34.3. The van der Waals surface area contributed by atoms with Crippen molar-refractivity contribution >= 4 is 0 Å². The lowest BCUT2D eigenvalue weighted by atomic mass is 10.1. The molecule has 0 fully saturated rings. The highest BCUT2D eigenvalue weighted by molar-refractivity contribution is 5.77. The number of rotatable bonds is 5. The molecule has 0 saturated carbocycles. The summed E-state index contributed by atoms with van der Waals surface area (Å²) in [7, 11) is 0. The Bertz CT molecular complexity index is 1080. The standard InChI is InChI=1S/C19H14F2N4O2/c20-13-6-7-16(21)14(10-13)18-23-19(27-24-18)15-11-22-25(8-9-26)17(15)12-4-2-1-3-5-12/h1-7,10-11,26H,8-9H2. The van der Waals surface area contributed by atoms with Gasteiger partial charge < -0.3 is 9.63 Å². The van der Waals surface area contributed by atoms with Crippen molar-refractivity contribution in [3.05, 3.63) is 66.4 Å². The van der Waals surface area contributed by atoms with Crippen molar-refractivity contribution in [3.8, 4) is 34.1 Å². The van der Waals surface area contributed by atoms with Gasteiger partial charge in [0.2, 0.25) is 5.82 Å². The first kappa shape index (κ1) is 17.0. The number of benzene rings is 2. The SMILES string of the molecule is OCCn1ncc(-c2nc(-c3cc(F)ccc3F)no2)c1-c1ccccc1. The van der Waals surface area contributed by atoms with Crippen LogP contribution in [0.1, 0.15) is 0 Å². The molecule has 6 nitrogen and oxygen atoms in total. The maximum atomic E-state index is 14.0. The number of nitrogens with zero attached hydrogens (tertiary/aromatic N) is 4. The largest absolute Gasteiger partial charge is 0.394 e. The molecule has 0 bridgehead atoms. The van der Waals surface area contributed by atoms with Crippen LogP contribution in [-0.2, 0) is 6.54 Å². The molecule has 0 unspecified atom stereocenters. The van der Waals surface area contributed by atoms with E-state index in [1.54, 1.807) is 4.68 Å². The van der Waals surface area contributed by atoms with E-state index in [0.717, 1.165) is 23.8 Å². The minimum absolute atomic E-state index is 0.0593. The van der Waals surface area contributed by atoms with Crippen LogP contribution in [0.2, 0.25) is 0 Å². The highest BCUT2D eigenvalue weighted by Gasteiger charge is 2.21. The molecule has 2 heterocycles. The smallest absolute Gasteiger partial charge is 0.262 e. The zero-order chi connectivity index (χ0) is 18.8. The Kier molecular flexibility index (Phi) is 4.47. The van der Waals surface area contributed by atoms with Crippen LogP contribution < -0.4 is 0 Å². The topological polar surface area (TPSA) is 77.0 Å². The molecular formula is C19H14F2N4O2. The van der Waals surface area contributed by atoms with E-state index < -0.39 is 11.6 Å². The molecule has 0 aliphatic rings. The van der Waals surface area contributed by atoms with Crippen LogP contribution in [0.3, 0.4) is 0 Å². The second-order valence-corrected chi connectivity index (χ2v) is 5.77. The lowest BCUT2D eigenvalue weighted by molar-refractivity contribution is 0.270. The van der Waals surface area contributed by atoms with E-state index in [1.807, 2.05) is 30.3 Å². The predicted molar refractivity (Wildman–Crippen MR) is 93.4 cm³/mol. The fraction of sp³-hybridized carbons (Fsp3) is 0.105. The number of aromatic nitrogens is 4. The zero-order valence-corrected chi connectivity index (χ0v) is 14.0. The molecule has 0 spiro atoms. The minimum atomic E-state index is -0.650. The first-order valence-corrected chi connectivity index (χ1v) is 8.19. The van der Waals surface area contributed by atoms with E-state index in [0.29, 0.717) is 11.3 Å². The lowest BCUT2D eigenvalue weighted by Crippen LogP contribution is -2.05. The van der Waals surface area contributed by atoms with E-state index in [2.05, 4.69) is 15.2 Å². The maximum absolute atomic E-state index is 14.0. The minimum Gasteiger partial charge on any atom is -0.394 e. The maximum Gasteiger partial charge on any atom is 0.262 e. The second kappa shape index (κ2) is 7.08. The van der Waals surface area contributed by atoms with Crippen molar-refractivity contribution in [1.29, 1.82) is 0 Å². The van der Waals surface area contributed by atoms with Gasteiger partial charge in [-0.15, -0.1) is 0 Å². The van der Waals surface area contributed by atoms with Gasteiger partial charge in [0.1, 0.15) is 11.6 Å². The summed E-state index contributed by atoms with van der Waals surface area (Å²) in [4.78, 5) is 4.21. The Hall–Kier alpha value is -3.39. The first-order valence-electron chi connectivity index (χ1n) is 8.19. The van der Waals surface area contributed by atoms with Crippen molar-refractivity contribution < 1.29 is 18.4 Å². The molecule has 1 N–H and O–H groups in total. The van der Waals surface area contributed by atoms with Gasteiger partial charge in [0, 0.05) is 5.56 Å². The van der Waals surface area contributed by atoms with E-state index in [9.17, 15) is 13.9 Å². The number of aliphatic hydroxyl groups excluding tert-OH is 1. The molecule has 4 rings (SSSR count). The Morgan fingerprint density at radius 1 is 1.04 bits per heavy atom. The quantitative estimate of drug-likeness (QED) is 0.583. The van der Waals surface area contributed by atoms with Gasteiger partial charge in [-0.05, 0) is 18.2 Å². The molecule has 0 radical (unpaired) electrons. The van der Waals surface area contributed by atoms with Crippen molar-refractivity contribution in [1.82, 2.24) is 19.9 Å². The molecule has 8 heteroatoms. The summed E-state index contributed by atoms with van der Waals surface area (Å²) in [5, 5.41) is 17.3. The van der Waals surface area contributed by atoms with E-state index in [4.69, 9.17) is 4.52 Å². The molecule has 2 aromatic carbocycles. The highest BCUT2D eigenvalue weighted by Crippen LogP contribution is 2.32. The van der Waals surface area contributed by atoms with Crippen molar-refractivity contribution in [2.24, 2.45) is 0 Å². The van der Waals surface area contributed by atoms with Gasteiger partial charge >= 0.3 is 0 Å². The van der Waals surface area contributed by atoms with Crippen molar-refractivity contribution in [2.45, 2.75) is 6.54 Å².